The van der Waals surface area contributed by atoms with E-state index < -0.39 is 6.10 Å². The van der Waals surface area contributed by atoms with Gasteiger partial charge in [-0.15, -0.1) is 11.8 Å². The zero-order valence-corrected chi connectivity index (χ0v) is 20.1. The number of methoxy groups -OCH3 is 1. The Labute approximate surface area is 184 Å². The van der Waals surface area contributed by atoms with Gasteiger partial charge in [0.15, 0.2) is 0 Å². The van der Waals surface area contributed by atoms with E-state index in [0.717, 1.165) is 25.7 Å². The maximum atomic E-state index is 11.3. The van der Waals surface area contributed by atoms with Gasteiger partial charge in [-0.1, -0.05) is 30.7 Å². The zero-order valence-electron chi connectivity index (χ0n) is 17.0. The molecule has 0 amide bonds. The topological polar surface area (TPSA) is 55.8 Å². The predicted octanol–water partition coefficient (Wildman–Crippen LogP) is 5.21. The second kappa shape index (κ2) is 12.3. The van der Waals surface area contributed by atoms with Crippen LogP contribution in [0.1, 0.15) is 52.4 Å². The minimum Gasteiger partial charge on any atom is -0.469 e. The number of esters is 1. The predicted molar refractivity (Wildman–Crippen MR) is 123 cm³/mol. The number of hydrogen-bond donors (Lipinski definition) is 1. The summed E-state index contributed by atoms with van der Waals surface area (Å²) in [4.78, 5) is 11.3. The van der Waals surface area contributed by atoms with E-state index in [1.165, 1.54) is 12.7 Å². The molecular formula is C22H32IO4P. The Kier molecular flexibility index (Phi) is 10.5. The SMILES string of the molecule is CC#CCC(C)[C@H](O)/C=C/[C@@H]1[C@H]2C/C(=C\CCC(=O)OC)C[C@H]2C[C@H]1OPI. The van der Waals surface area contributed by atoms with Crippen LogP contribution in [0.25, 0.3) is 0 Å². The van der Waals surface area contributed by atoms with Crippen molar-refractivity contribution in [2.75, 3.05) is 7.11 Å². The van der Waals surface area contributed by atoms with E-state index in [0.29, 0.717) is 37.0 Å². The molecule has 28 heavy (non-hydrogen) atoms. The molecule has 0 spiro atoms. The molecule has 2 saturated carbocycles. The van der Waals surface area contributed by atoms with Crippen molar-refractivity contribution >= 4 is 34.5 Å². The molecule has 0 heterocycles. The van der Waals surface area contributed by atoms with Crippen molar-refractivity contribution in [2.24, 2.45) is 23.7 Å². The third kappa shape index (κ3) is 6.83. The molecule has 2 rings (SSSR count). The van der Waals surface area contributed by atoms with Crippen molar-refractivity contribution in [3.63, 3.8) is 0 Å². The van der Waals surface area contributed by atoms with Gasteiger partial charge in [0.2, 0.25) is 0 Å². The van der Waals surface area contributed by atoms with Crippen molar-refractivity contribution in [1.29, 1.82) is 0 Å². The van der Waals surface area contributed by atoms with Gasteiger partial charge in [-0.2, -0.15) is 0 Å². The van der Waals surface area contributed by atoms with Crippen molar-refractivity contribution in [3.05, 3.63) is 23.8 Å². The standard InChI is InChI=1S/C22H32IO4P/c1-4-5-7-15(2)20(24)11-10-18-19-13-16(8-6-9-22(25)26-3)12-17(19)14-21(18)27-28-23/h8,10-11,15,17-21,24,28H,6-7,9,12-14H2,1-3H3/b11-10+,16-8-/t15?,17-,18+,19-,20+,21+/m0/s1. The third-order valence-electron chi connectivity index (χ3n) is 6.01. The molecule has 0 aliphatic heterocycles. The minimum absolute atomic E-state index is 0.129. The first-order valence-electron chi connectivity index (χ1n) is 10.0. The molecule has 4 nitrogen and oxygen atoms in total. The fourth-order valence-corrected chi connectivity index (χ4v) is 5.76. The summed E-state index contributed by atoms with van der Waals surface area (Å²) in [6.07, 6.45) is 11.3. The number of hydrogen-bond acceptors (Lipinski definition) is 4. The van der Waals surface area contributed by atoms with E-state index >= 15 is 0 Å². The highest BCUT2D eigenvalue weighted by Gasteiger charge is 2.46. The minimum atomic E-state index is -0.473. The fraction of sp³-hybridized carbons (Fsp3) is 0.682. The smallest absolute Gasteiger partial charge is 0.305 e. The van der Waals surface area contributed by atoms with Gasteiger partial charge in [-0.3, -0.25) is 4.79 Å². The van der Waals surface area contributed by atoms with Gasteiger partial charge in [0.1, 0.15) is 0 Å². The molecule has 6 heteroatoms. The van der Waals surface area contributed by atoms with Crippen LogP contribution in [-0.4, -0.2) is 30.4 Å². The van der Waals surface area contributed by atoms with Crippen molar-refractivity contribution in [1.82, 2.24) is 0 Å². The fourth-order valence-electron chi connectivity index (χ4n) is 4.41. The highest BCUT2D eigenvalue weighted by atomic mass is 127. The lowest BCUT2D eigenvalue weighted by atomic mass is 9.89. The summed E-state index contributed by atoms with van der Waals surface area (Å²) in [5, 5.41) is 10.5. The van der Waals surface area contributed by atoms with E-state index in [1.54, 1.807) is 0 Å². The Morgan fingerprint density at radius 3 is 2.93 bits per heavy atom. The number of carbonyl (C=O) groups excluding carboxylic acids is 1. The molecule has 7 atom stereocenters. The lowest BCUT2D eigenvalue weighted by Gasteiger charge is -2.21. The van der Waals surface area contributed by atoms with Gasteiger partial charge in [-0.05, 0) is 72.4 Å². The molecule has 2 fully saturated rings. The highest BCUT2D eigenvalue weighted by Crippen LogP contribution is 2.53. The summed E-state index contributed by atoms with van der Waals surface area (Å²) >= 11 is 2.29. The maximum Gasteiger partial charge on any atom is 0.305 e. The summed E-state index contributed by atoms with van der Waals surface area (Å²) in [6, 6.07) is 0. The van der Waals surface area contributed by atoms with Crippen LogP contribution in [0.3, 0.4) is 0 Å². The van der Waals surface area contributed by atoms with E-state index in [4.69, 9.17) is 9.26 Å². The number of carbonyl (C=O) groups is 1. The van der Waals surface area contributed by atoms with Gasteiger partial charge < -0.3 is 14.4 Å². The van der Waals surface area contributed by atoms with E-state index in [9.17, 15) is 9.90 Å². The molecule has 0 radical (unpaired) electrons. The average molecular weight is 518 g/mol. The Morgan fingerprint density at radius 1 is 1.46 bits per heavy atom. The van der Waals surface area contributed by atoms with Crippen LogP contribution in [0, 0.1) is 35.5 Å². The van der Waals surface area contributed by atoms with Crippen LogP contribution in [-0.2, 0) is 14.1 Å². The van der Waals surface area contributed by atoms with Gasteiger partial charge >= 0.3 is 5.97 Å². The lowest BCUT2D eigenvalue weighted by molar-refractivity contribution is -0.140. The van der Waals surface area contributed by atoms with E-state index in [1.807, 2.05) is 19.9 Å². The monoisotopic (exact) mass is 518 g/mol. The van der Waals surface area contributed by atoms with Crippen LogP contribution in [0.5, 0.6) is 0 Å². The number of halogens is 1. The summed E-state index contributed by atoms with van der Waals surface area (Å²) < 4.78 is 10.8. The first-order chi connectivity index (χ1) is 13.5. The molecule has 2 aliphatic rings. The van der Waals surface area contributed by atoms with Crippen LogP contribution in [0.15, 0.2) is 23.8 Å². The van der Waals surface area contributed by atoms with Gasteiger partial charge in [0, 0.05) is 18.8 Å². The molecular weight excluding hydrogens is 486 g/mol. The molecule has 156 valence electrons. The Hall–Kier alpha value is -0.410. The molecule has 0 saturated heterocycles. The summed E-state index contributed by atoms with van der Waals surface area (Å²) in [7, 11) is 1.43. The second-order valence-corrected chi connectivity index (χ2v) is 9.55. The summed E-state index contributed by atoms with van der Waals surface area (Å²) in [5.41, 5.74) is 1.46. The molecule has 0 aromatic heterocycles. The molecule has 2 unspecified atom stereocenters. The molecule has 1 N–H and O–H groups in total. The number of fused-ring (bicyclic) bond motifs is 1. The van der Waals surface area contributed by atoms with Crippen LogP contribution >= 0.6 is 28.5 Å². The highest BCUT2D eigenvalue weighted by molar-refractivity contribution is 14.2. The second-order valence-electron chi connectivity index (χ2n) is 7.84. The van der Waals surface area contributed by atoms with Crippen LogP contribution < -0.4 is 0 Å². The third-order valence-corrected chi connectivity index (χ3v) is 7.16. The van der Waals surface area contributed by atoms with Gasteiger partial charge in [0.25, 0.3) is 0 Å². The van der Waals surface area contributed by atoms with Crippen molar-refractivity contribution < 1.29 is 19.2 Å². The quantitative estimate of drug-likeness (QED) is 0.150. The molecule has 0 bridgehead atoms. The number of rotatable bonds is 9. The van der Waals surface area contributed by atoms with E-state index in [2.05, 4.69) is 46.0 Å². The average Bonchev–Trinajstić information content (AvgIpc) is 3.21. The molecule has 0 aromatic carbocycles. The normalized spacial score (nSPS) is 30.5. The summed E-state index contributed by atoms with van der Waals surface area (Å²) in [5.74, 6) is 7.47. The number of aliphatic hydroxyl groups excluding tert-OH is 1. The van der Waals surface area contributed by atoms with Crippen LogP contribution in [0.4, 0.5) is 0 Å². The molecule has 0 aromatic rings. The van der Waals surface area contributed by atoms with Crippen LogP contribution in [0.2, 0.25) is 0 Å². The first-order valence-corrected chi connectivity index (χ1v) is 14.0. The van der Waals surface area contributed by atoms with Gasteiger partial charge in [0.05, 0.1) is 25.8 Å². The van der Waals surface area contributed by atoms with Crippen molar-refractivity contribution in [2.45, 2.75) is 64.6 Å². The van der Waals surface area contributed by atoms with Gasteiger partial charge in [-0.25, -0.2) is 0 Å². The largest absolute Gasteiger partial charge is 0.469 e. The van der Waals surface area contributed by atoms with E-state index in [-0.39, 0.29) is 18.0 Å². The number of ether oxygens (including phenoxy) is 1. The number of allylic oxidation sites excluding steroid dienone is 2. The first kappa shape index (κ1) is 23.9. The maximum absolute atomic E-state index is 11.3. The Morgan fingerprint density at radius 2 is 2.25 bits per heavy atom. The number of aliphatic hydroxyl groups is 1. The summed E-state index contributed by atoms with van der Waals surface area (Å²) in [6.45, 7) is 4.32. The Bertz CT molecular complexity index is 636. The van der Waals surface area contributed by atoms with Crippen molar-refractivity contribution in [3.8, 4) is 11.8 Å². The lowest BCUT2D eigenvalue weighted by Crippen LogP contribution is -2.20. The zero-order chi connectivity index (χ0) is 20.5. The Balaban J connectivity index is 2.00. The molecule has 2 aliphatic carbocycles.